The van der Waals surface area contributed by atoms with Crippen LogP contribution in [0.5, 0.6) is 17.2 Å². The second-order valence-corrected chi connectivity index (χ2v) is 25.2. The zero-order valence-electron chi connectivity index (χ0n) is 50.1. The third-order valence-electron chi connectivity index (χ3n) is 16.9. The first-order valence-corrected chi connectivity index (χ1v) is 31.2. The van der Waals surface area contributed by atoms with Gasteiger partial charge in [-0.3, -0.25) is 33.8 Å². The number of methoxy groups -OCH3 is 1. The number of halogens is 1. The minimum Gasteiger partial charge on any atom is -0.495 e. The van der Waals surface area contributed by atoms with Crippen molar-refractivity contribution in [3.63, 3.8) is 0 Å². The Labute approximate surface area is 507 Å². The average molecular weight is 1190 g/mol. The summed E-state index contributed by atoms with van der Waals surface area (Å²) < 4.78 is 25.6. The van der Waals surface area contributed by atoms with Gasteiger partial charge in [0.1, 0.15) is 46.3 Å². The molecule has 3 atom stereocenters. The third kappa shape index (κ3) is 16.0. The number of amides is 5. The van der Waals surface area contributed by atoms with Crippen molar-refractivity contribution < 1.29 is 47.7 Å². The van der Waals surface area contributed by atoms with Crippen LogP contribution >= 0.6 is 11.3 Å². The van der Waals surface area contributed by atoms with Gasteiger partial charge in [0, 0.05) is 74.3 Å². The normalized spacial score (nSPS) is 17.0. The topological polar surface area (TPSA) is 221 Å². The number of ketones is 1. The molecule has 2 aromatic heterocycles. The van der Waals surface area contributed by atoms with Crippen molar-refractivity contribution in [1.82, 2.24) is 25.5 Å². The number of hydrogen-bond donors (Lipinski definition) is 5. The fourth-order valence-electron chi connectivity index (χ4n) is 11.6. The van der Waals surface area contributed by atoms with E-state index in [9.17, 15) is 38.3 Å². The number of β-amino-alcohol motifs (C(OH)–C–C–N with tert-alkyl or cyclic N) is 1. The summed E-state index contributed by atoms with van der Waals surface area (Å²) in [6, 6.07) is 24.3. The number of likely N-dealkylation sites (tertiary alicyclic amines) is 1. The van der Waals surface area contributed by atoms with Gasteiger partial charge in [-0.05, 0) is 129 Å². The minimum atomic E-state index is -1.19. The lowest BCUT2D eigenvalue weighted by molar-refractivity contribution is -0.144. The highest BCUT2D eigenvalue weighted by Crippen LogP contribution is 2.48. The predicted octanol–water partition coefficient (Wildman–Crippen LogP) is 11.8. The van der Waals surface area contributed by atoms with Crippen molar-refractivity contribution in [3.05, 3.63) is 120 Å². The fraction of sp³-hybridized carbons (Fsp3) is 0.463. The number of carbonyl (C=O) groups excluding carboxylic acids is 6. The average Bonchev–Trinajstić information content (AvgIpc) is 1.77. The SMILES string of the molecule is COc1cc2c(Oc3ccc(NC(=O)C4(C(=O)Nc5ccc(F)cc5)CC4)cc3)ccnc2cc1N1CCC(C(=O)CCCCCCCCCCCC(=O)N[C@H](C(=O)N2C[C@H](O)C[C@H]2C(=O)NCc2ccc(-c3scnc3C)cc2)C(C)(C)C)CC1. The van der Waals surface area contributed by atoms with Gasteiger partial charge in [-0.1, -0.05) is 90.0 Å². The van der Waals surface area contributed by atoms with E-state index in [1.807, 2.05) is 69.6 Å². The van der Waals surface area contributed by atoms with Gasteiger partial charge in [0.25, 0.3) is 0 Å². The molecule has 5 amide bonds. The number of carbonyl (C=O) groups is 6. The molecule has 1 aliphatic carbocycles. The lowest BCUT2D eigenvalue weighted by atomic mass is 9.85. The molecule has 4 aromatic carbocycles. The van der Waals surface area contributed by atoms with Crippen LogP contribution in [0.2, 0.25) is 0 Å². The number of pyridine rings is 1. The first-order chi connectivity index (χ1) is 41.4. The van der Waals surface area contributed by atoms with Crippen molar-refractivity contribution in [3.8, 4) is 27.7 Å². The summed E-state index contributed by atoms with van der Waals surface area (Å²) in [6.07, 6.45) is 13.1. The van der Waals surface area contributed by atoms with Gasteiger partial charge in [0.05, 0.1) is 40.5 Å². The van der Waals surface area contributed by atoms with Crippen LogP contribution in [0, 0.1) is 29.5 Å². The van der Waals surface area contributed by atoms with Crippen molar-refractivity contribution in [2.45, 2.75) is 155 Å². The highest BCUT2D eigenvalue weighted by atomic mass is 32.1. The number of piperidine rings is 1. The monoisotopic (exact) mass is 1190 g/mol. The number of aliphatic hydroxyl groups is 1. The molecule has 17 nitrogen and oxygen atoms in total. The maximum absolute atomic E-state index is 14.1. The Kier molecular flexibility index (Phi) is 20.9. The summed E-state index contributed by atoms with van der Waals surface area (Å²) in [7, 11) is 1.64. The molecule has 4 heterocycles. The molecule has 1 saturated carbocycles. The molecule has 0 spiro atoms. The van der Waals surface area contributed by atoms with Crippen molar-refractivity contribution in [2.75, 3.05) is 42.3 Å². The van der Waals surface area contributed by atoms with E-state index in [0.717, 1.165) is 116 Å². The Hall–Kier alpha value is -7.77. The van der Waals surface area contributed by atoms with Gasteiger partial charge in [0.15, 0.2) is 0 Å². The van der Waals surface area contributed by atoms with Crippen LogP contribution in [0.25, 0.3) is 21.3 Å². The molecule has 0 bridgehead atoms. The molecular formula is C67H81FN8O9S. The molecule has 2 aliphatic heterocycles. The molecule has 0 radical (unpaired) electrons. The third-order valence-corrected chi connectivity index (χ3v) is 17.9. The first kappa shape index (κ1) is 62.8. The summed E-state index contributed by atoms with van der Waals surface area (Å²) in [6.45, 7) is 9.39. The van der Waals surface area contributed by atoms with Crippen molar-refractivity contribution in [1.29, 1.82) is 0 Å². The summed E-state index contributed by atoms with van der Waals surface area (Å²) in [5, 5.41) is 22.9. The number of unbranched alkanes of at least 4 members (excludes halogenated alkanes) is 8. The minimum absolute atomic E-state index is 0.0244. The summed E-state index contributed by atoms with van der Waals surface area (Å²) >= 11 is 1.58. The Balaban J connectivity index is 0.635. The number of nitrogens with one attached hydrogen (secondary N) is 4. The van der Waals surface area contributed by atoms with Crippen LogP contribution in [0.4, 0.5) is 21.5 Å². The van der Waals surface area contributed by atoms with E-state index in [-0.39, 0.29) is 43.1 Å². The number of nitrogens with zero attached hydrogens (tertiary/aromatic N) is 4. The maximum Gasteiger partial charge on any atom is 0.246 e. The standard InChI is InChI=1S/C67H81FN8O9S/c1-43-60(86-42-71-43)46-19-17-44(18-20-46)40-70-62(80)55-37-50(77)41-76(55)63(81)61(66(2,3)4)74-59(79)16-14-12-10-8-6-7-9-11-13-15-56(78)45-30-35-75(36-31-45)54-39-53-52(38-58(54)84-5)57(29-34-69-53)85-51-27-25-49(26-28-51)73-65(83)67(32-33-67)64(82)72-48-23-21-47(68)22-24-48/h17-29,34,38-39,42,45,50,55,61,77H,6-16,30-33,35-37,40-41H2,1-5H3,(H,70,80)(H,72,82)(H,73,83)(H,74,79)/t50-,55+,61-/m1/s1. The predicted molar refractivity (Wildman–Crippen MR) is 333 cm³/mol. The molecule has 2 saturated heterocycles. The number of thiazole rings is 1. The van der Waals surface area contributed by atoms with Gasteiger partial charge in [0.2, 0.25) is 29.5 Å². The van der Waals surface area contributed by atoms with E-state index in [1.165, 1.54) is 29.2 Å². The van der Waals surface area contributed by atoms with E-state index < -0.39 is 46.6 Å². The van der Waals surface area contributed by atoms with Gasteiger partial charge in [-0.2, -0.15) is 0 Å². The molecule has 5 N–H and O–H groups in total. The van der Waals surface area contributed by atoms with Crippen molar-refractivity contribution in [2.24, 2.45) is 16.7 Å². The molecule has 3 fully saturated rings. The molecule has 9 rings (SSSR count). The number of aliphatic hydroxyl groups excluding tert-OH is 1. The highest BCUT2D eigenvalue weighted by Gasteiger charge is 2.56. The second kappa shape index (κ2) is 28.6. The van der Waals surface area contributed by atoms with Gasteiger partial charge < -0.3 is 45.6 Å². The quantitative estimate of drug-likeness (QED) is 0.0240. The Morgan fingerprint density at radius 3 is 1.99 bits per heavy atom. The van der Waals surface area contributed by atoms with Crippen molar-refractivity contribution >= 4 is 74.6 Å². The smallest absolute Gasteiger partial charge is 0.246 e. The number of Topliss-reactive ketones (excluding diaryl/α,β-unsaturated/α-hetero) is 1. The molecule has 86 heavy (non-hydrogen) atoms. The Morgan fingerprint density at radius 2 is 1.40 bits per heavy atom. The number of ether oxygens (including phenoxy) is 2. The van der Waals surface area contributed by atoms with Crippen LogP contribution in [0.1, 0.15) is 135 Å². The molecule has 456 valence electrons. The lowest BCUT2D eigenvalue weighted by Gasteiger charge is -2.35. The molecule has 19 heteroatoms. The van der Waals surface area contributed by atoms with E-state index in [2.05, 4.69) is 36.1 Å². The summed E-state index contributed by atoms with van der Waals surface area (Å²) in [4.78, 5) is 94.3. The Bertz CT molecular complexity index is 3340. The summed E-state index contributed by atoms with van der Waals surface area (Å²) in [5.74, 6) is 0.00400. The van der Waals surface area contributed by atoms with E-state index >= 15 is 0 Å². The van der Waals surface area contributed by atoms with Gasteiger partial charge >= 0.3 is 0 Å². The number of anilines is 3. The van der Waals surface area contributed by atoms with Gasteiger partial charge in [-0.15, -0.1) is 11.3 Å². The van der Waals surface area contributed by atoms with Crippen LogP contribution in [0.15, 0.2) is 103 Å². The largest absolute Gasteiger partial charge is 0.495 e. The number of benzene rings is 4. The fourth-order valence-corrected chi connectivity index (χ4v) is 12.4. The summed E-state index contributed by atoms with van der Waals surface area (Å²) in [5.41, 5.74) is 5.52. The zero-order chi connectivity index (χ0) is 61.0. The van der Waals surface area contributed by atoms with Crippen LogP contribution in [0.3, 0.4) is 0 Å². The Morgan fingerprint density at radius 1 is 0.779 bits per heavy atom. The number of hydrogen-bond acceptors (Lipinski definition) is 13. The van der Waals surface area contributed by atoms with Crippen LogP contribution in [-0.2, 0) is 35.3 Å². The first-order valence-electron chi connectivity index (χ1n) is 30.3. The number of aromatic nitrogens is 2. The number of rotatable bonds is 27. The van der Waals surface area contributed by atoms with Crippen LogP contribution < -0.4 is 35.6 Å². The van der Waals surface area contributed by atoms with Gasteiger partial charge in [-0.25, -0.2) is 9.37 Å². The molecule has 0 unspecified atom stereocenters. The van der Waals surface area contributed by atoms with E-state index in [0.29, 0.717) is 66.5 Å². The second-order valence-electron chi connectivity index (χ2n) is 24.3. The molecule has 6 aromatic rings. The van der Waals surface area contributed by atoms with Crippen LogP contribution in [-0.4, -0.2) is 100 Å². The number of aryl methyl sites for hydroxylation is 1. The maximum atomic E-state index is 14.1. The van der Waals surface area contributed by atoms with E-state index in [4.69, 9.17) is 9.47 Å². The number of fused-ring (bicyclic) bond motifs is 1. The lowest BCUT2D eigenvalue weighted by Crippen LogP contribution is -2.57. The highest BCUT2D eigenvalue weighted by molar-refractivity contribution is 7.13. The zero-order valence-corrected chi connectivity index (χ0v) is 50.9. The molecule has 3 aliphatic rings. The van der Waals surface area contributed by atoms with E-state index in [1.54, 1.807) is 55.0 Å². The molecular weight excluding hydrogens is 1110 g/mol.